The first-order valence-corrected chi connectivity index (χ1v) is 6.33. The van der Waals surface area contributed by atoms with Crippen molar-refractivity contribution in [3.05, 3.63) is 29.3 Å². The molecule has 2 nitrogen and oxygen atoms in total. The summed E-state index contributed by atoms with van der Waals surface area (Å²) in [5.41, 5.74) is 2.31. The minimum absolute atomic E-state index is 0.124. The summed E-state index contributed by atoms with van der Waals surface area (Å²) in [5, 5.41) is 0. The fourth-order valence-corrected chi connectivity index (χ4v) is 2.29. The maximum absolute atomic E-state index is 10.8. The summed E-state index contributed by atoms with van der Waals surface area (Å²) >= 11 is 3.34. The SMILES string of the molecule is CC1(C)CCOc2ccc(C(Br)C=O)cc21. The van der Waals surface area contributed by atoms with Gasteiger partial charge in [-0.2, -0.15) is 0 Å². The molecule has 2 rings (SSSR count). The van der Waals surface area contributed by atoms with Gasteiger partial charge in [0.15, 0.2) is 0 Å². The lowest BCUT2D eigenvalue weighted by atomic mass is 9.79. The first-order chi connectivity index (χ1) is 7.54. The molecule has 1 heterocycles. The van der Waals surface area contributed by atoms with E-state index in [0.29, 0.717) is 0 Å². The maximum atomic E-state index is 10.8. The molecule has 1 aromatic rings. The Morgan fingerprint density at radius 2 is 2.25 bits per heavy atom. The maximum Gasteiger partial charge on any atom is 0.138 e. The summed E-state index contributed by atoms with van der Waals surface area (Å²) in [7, 11) is 0. The zero-order chi connectivity index (χ0) is 11.8. The third-order valence-corrected chi connectivity index (χ3v) is 3.90. The van der Waals surface area contributed by atoms with Crippen molar-refractivity contribution < 1.29 is 9.53 Å². The van der Waals surface area contributed by atoms with Crippen molar-refractivity contribution >= 4 is 22.2 Å². The molecule has 0 fully saturated rings. The van der Waals surface area contributed by atoms with Crippen LogP contribution in [-0.4, -0.2) is 12.9 Å². The lowest BCUT2D eigenvalue weighted by Gasteiger charge is -2.32. The van der Waals surface area contributed by atoms with Gasteiger partial charge in [-0.05, 0) is 29.5 Å². The topological polar surface area (TPSA) is 26.3 Å². The largest absolute Gasteiger partial charge is 0.493 e. The Balaban J connectivity index is 2.47. The van der Waals surface area contributed by atoms with Crippen molar-refractivity contribution in [3.63, 3.8) is 0 Å². The summed E-state index contributed by atoms with van der Waals surface area (Å²) in [6, 6.07) is 5.97. The van der Waals surface area contributed by atoms with Crippen LogP contribution in [0.3, 0.4) is 0 Å². The summed E-state index contributed by atoms with van der Waals surface area (Å²) in [5.74, 6) is 0.950. The molecule has 0 saturated heterocycles. The highest BCUT2D eigenvalue weighted by atomic mass is 79.9. The van der Waals surface area contributed by atoms with Crippen molar-refractivity contribution in [3.8, 4) is 5.75 Å². The van der Waals surface area contributed by atoms with Crippen LogP contribution in [0.2, 0.25) is 0 Å². The molecule has 3 heteroatoms. The van der Waals surface area contributed by atoms with Crippen LogP contribution in [0.5, 0.6) is 5.75 Å². The molecule has 1 aromatic carbocycles. The molecule has 1 aliphatic rings. The van der Waals surface area contributed by atoms with E-state index in [0.717, 1.165) is 30.6 Å². The molecule has 0 saturated carbocycles. The highest BCUT2D eigenvalue weighted by molar-refractivity contribution is 9.09. The first-order valence-electron chi connectivity index (χ1n) is 5.41. The van der Waals surface area contributed by atoms with Crippen LogP contribution in [0.1, 0.15) is 36.2 Å². The van der Waals surface area contributed by atoms with E-state index in [2.05, 4.69) is 35.8 Å². The molecule has 0 spiro atoms. The number of halogens is 1. The number of benzene rings is 1. The van der Waals surface area contributed by atoms with Gasteiger partial charge in [0, 0.05) is 5.56 Å². The Hall–Kier alpha value is -0.830. The number of aldehydes is 1. The second-order valence-electron chi connectivity index (χ2n) is 4.78. The molecule has 0 aromatic heterocycles. The van der Waals surface area contributed by atoms with Gasteiger partial charge in [0.2, 0.25) is 0 Å². The fourth-order valence-electron chi connectivity index (χ4n) is 2.00. The number of fused-ring (bicyclic) bond motifs is 1. The van der Waals surface area contributed by atoms with Crippen LogP contribution in [0.4, 0.5) is 0 Å². The zero-order valence-electron chi connectivity index (χ0n) is 9.50. The fraction of sp³-hybridized carbons (Fsp3) is 0.462. The molecular formula is C13H15BrO2. The van der Waals surface area contributed by atoms with E-state index in [1.54, 1.807) is 0 Å². The van der Waals surface area contributed by atoms with Gasteiger partial charge in [-0.3, -0.25) is 0 Å². The summed E-state index contributed by atoms with van der Waals surface area (Å²) in [6.07, 6.45) is 1.91. The number of carbonyl (C=O) groups is 1. The van der Waals surface area contributed by atoms with E-state index in [-0.39, 0.29) is 10.2 Å². The number of hydrogen-bond donors (Lipinski definition) is 0. The lowest BCUT2D eigenvalue weighted by molar-refractivity contribution is -0.107. The van der Waals surface area contributed by atoms with Crippen molar-refractivity contribution in [2.24, 2.45) is 0 Å². The van der Waals surface area contributed by atoms with Gasteiger partial charge in [0.25, 0.3) is 0 Å². The van der Waals surface area contributed by atoms with E-state index >= 15 is 0 Å². The molecule has 1 aliphatic heterocycles. The quantitative estimate of drug-likeness (QED) is 0.614. The van der Waals surface area contributed by atoms with Gasteiger partial charge >= 0.3 is 0 Å². The van der Waals surface area contributed by atoms with Gasteiger partial charge in [-0.25, -0.2) is 0 Å². The highest BCUT2D eigenvalue weighted by Gasteiger charge is 2.29. The van der Waals surface area contributed by atoms with Crippen molar-refractivity contribution in [1.82, 2.24) is 0 Å². The molecular weight excluding hydrogens is 268 g/mol. The summed E-state index contributed by atoms with van der Waals surface area (Å²) < 4.78 is 5.62. The highest BCUT2D eigenvalue weighted by Crippen LogP contribution is 2.40. The smallest absolute Gasteiger partial charge is 0.138 e. The predicted octanol–water partition coefficient (Wildman–Crippen LogP) is 3.38. The number of rotatable bonds is 2. The van der Waals surface area contributed by atoms with Gasteiger partial charge in [0.05, 0.1) is 11.4 Å². The average molecular weight is 283 g/mol. The minimum atomic E-state index is -0.226. The molecule has 16 heavy (non-hydrogen) atoms. The van der Waals surface area contributed by atoms with Gasteiger partial charge in [0.1, 0.15) is 12.0 Å². The van der Waals surface area contributed by atoms with Crippen molar-refractivity contribution in [2.75, 3.05) is 6.61 Å². The van der Waals surface area contributed by atoms with Crippen LogP contribution < -0.4 is 4.74 Å². The van der Waals surface area contributed by atoms with Crippen molar-refractivity contribution in [2.45, 2.75) is 30.5 Å². The van der Waals surface area contributed by atoms with E-state index in [1.807, 2.05) is 12.1 Å². The number of carbonyl (C=O) groups excluding carboxylic acids is 1. The van der Waals surface area contributed by atoms with Gasteiger partial charge in [-0.15, -0.1) is 0 Å². The summed E-state index contributed by atoms with van der Waals surface area (Å²) in [4.78, 5) is 10.5. The Morgan fingerprint density at radius 1 is 1.50 bits per heavy atom. The monoisotopic (exact) mass is 282 g/mol. The van der Waals surface area contributed by atoms with Crippen molar-refractivity contribution in [1.29, 1.82) is 0 Å². The van der Waals surface area contributed by atoms with E-state index in [9.17, 15) is 4.79 Å². The lowest BCUT2D eigenvalue weighted by Crippen LogP contribution is -2.26. The van der Waals surface area contributed by atoms with Crippen LogP contribution in [0, 0.1) is 0 Å². The van der Waals surface area contributed by atoms with Crippen LogP contribution in [-0.2, 0) is 10.2 Å². The standard InChI is InChI=1S/C13H15BrO2/c1-13(2)5-6-16-12-4-3-9(7-10(12)13)11(14)8-15/h3-4,7-8,11H,5-6H2,1-2H3. The molecule has 0 bridgehead atoms. The van der Waals surface area contributed by atoms with Crippen LogP contribution in [0.25, 0.3) is 0 Å². The molecule has 86 valence electrons. The minimum Gasteiger partial charge on any atom is -0.493 e. The molecule has 0 aliphatic carbocycles. The number of ether oxygens (including phenoxy) is 1. The molecule has 0 radical (unpaired) electrons. The number of hydrogen-bond acceptors (Lipinski definition) is 2. The predicted molar refractivity (Wildman–Crippen MR) is 67.3 cm³/mol. The van der Waals surface area contributed by atoms with E-state index in [1.165, 1.54) is 5.56 Å². The first kappa shape index (κ1) is 11.6. The third kappa shape index (κ3) is 2.01. The second-order valence-corrected chi connectivity index (χ2v) is 5.76. The van der Waals surface area contributed by atoms with Gasteiger partial charge < -0.3 is 9.53 Å². The van der Waals surface area contributed by atoms with Crippen LogP contribution >= 0.6 is 15.9 Å². The van der Waals surface area contributed by atoms with Crippen LogP contribution in [0.15, 0.2) is 18.2 Å². The summed E-state index contributed by atoms with van der Waals surface area (Å²) in [6.45, 7) is 5.19. The average Bonchev–Trinajstić information content (AvgIpc) is 2.27. The Kier molecular flexibility index (Phi) is 3.06. The van der Waals surface area contributed by atoms with E-state index in [4.69, 9.17) is 4.74 Å². The second kappa shape index (κ2) is 4.21. The van der Waals surface area contributed by atoms with E-state index < -0.39 is 0 Å². The normalized spacial score (nSPS) is 19.4. The molecule has 1 unspecified atom stereocenters. The molecule has 1 atom stereocenters. The molecule has 0 amide bonds. The Morgan fingerprint density at radius 3 is 2.94 bits per heavy atom. The third-order valence-electron chi connectivity index (χ3n) is 3.16. The van der Waals surface area contributed by atoms with Gasteiger partial charge in [-0.1, -0.05) is 35.8 Å². The molecule has 0 N–H and O–H groups in total. The Bertz CT molecular complexity index is 412. The number of alkyl halides is 1. The zero-order valence-corrected chi connectivity index (χ0v) is 11.1. The Labute approximate surface area is 104 Å².